The molecule has 0 bridgehead atoms. The zero-order chi connectivity index (χ0) is 52.9. The predicted molar refractivity (Wildman–Crippen MR) is 316 cm³/mol. The lowest BCUT2D eigenvalue weighted by Crippen LogP contribution is -2.30. The van der Waals surface area contributed by atoms with Crippen LogP contribution in [0.2, 0.25) is 0 Å². The summed E-state index contributed by atoms with van der Waals surface area (Å²) in [6, 6.07) is 0. The molecule has 0 amide bonds. The molecule has 0 aliphatic heterocycles. The number of unbranched alkanes of at least 4 members (excludes halogenated alkanes) is 22. The van der Waals surface area contributed by atoms with Crippen LogP contribution in [0, 0.1) is 0 Å². The van der Waals surface area contributed by atoms with Gasteiger partial charge in [-0.2, -0.15) is 0 Å². The van der Waals surface area contributed by atoms with E-state index < -0.39 is 6.10 Å². The van der Waals surface area contributed by atoms with Crippen molar-refractivity contribution in [2.24, 2.45) is 0 Å². The highest BCUT2D eigenvalue weighted by atomic mass is 16.6. The smallest absolute Gasteiger partial charge is 0.306 e. The van der Waals surface area contributed by atoms with E-state index in [0.29, 0.717) is 12.8 Å². The highest BCUT2D eigenvalue weighted by Gasteiger charge is 2.19. The third-order valence-corrected chi connectivity index (χ3v) is 12.5. The Bertz CT molecular complexity index is 1540. The Morgan fingerprint density at radius 2 is 0.534 bits per heavy atom. The van der Waals surface area contributed by atoms with Gasteiger partial charge in [0, 0.05) is 19.3 Å². The molecule has 0 heterocycles. The van der Waals surface area contributed by atoms with E-state index in [2.05, 4.69) is 142 Å². The Morgan fingerprint density at radius 1 is 0.288 bits per heavy atom. The van der Waals surface area contributed by atoms with Crippen LogP contribution in [0.15, 0.2) is 122 Å². The molecule has 0 fully saturated rings. The molecule has 0 aromatic rings. The summed E-state index contributed by atoms with van der Waals surface area (Å²) in [5.41, 5.74) is 0. The molecule has 73 heavy (non-hydrogen) atoms. The molecule has 0 radical (unpaired) electrons. The van der Waals surface area contributed by atoms with Gasteiger partial charge in [-0.3, -0.25) is 14.4 Å². The summed E-state index contributed by atoms with van der Waals surface area (Å²) >= 11 is 0. The zero-order valence-electron chi connectivity index (χ0n) is 47.4. The van der Waals surface area contributed by atoms with Crippen LogP contribution < -0.4 is 0 Å². The maximum absolute atomic E-state index is 12.9. The second-order valence-electron chi connectivity index (χ2n) is 19.5. The molecule has 0 aliphatic rings. The van der Waals surface area contributed by atoms with E-state index in [1.165, 1.54) is 77.0 Å². The van der Waals surface area contributed by atoms with Crippen LogP contribution in [0.3, 0.4) is 0 Å². The van der Waals surface area contributed by atoms with E-state index in [1.54, 1.807) is 0 Å². The van der Waals surface area contributed by atoms with E-state index in [1.807, 2.05) is 0 Å². The predicted octanol–water partition coefficient (Wildman–Crippen LogP) is 20.4. The van der Waals surface area contributed by atoms with E-state index in [9.17, 15) is 14.4 Å². The molecule has 0 saturated carbocycles. The molecule has 0 aromatic heterocycles. The Balaban J connectivity index is 4.49. The zero-order valence-corrected chi connectivity index (χ0v) is 47.4. The van der Waals surface area contributed by atoms with Crippen LogP contribution in [0.1, 0.15) is 265 Å². The van der Waals surface area contributed by atoms with Crippen LogP contribution in [-0.2, 0) is 28.6 Å². The van der Waals surface area contributed by atoms with Crippen molar-refractivity contribution in [3.63, 3.8) is 0 Å². The Kier molecular flexibility index (Phi) is 56.9. The number of ether oxygens (including phenoxy) is 3. The molecule has 0 aromatic carbocycles. The van der Waals surface area contributed by atoms with Crippen LogP contribution >= 0.6 is 0 Å². The van der Waals surface area contributed by atoms with Gasteiger partial charge in [-0.1, -0.05) is 258 Å². The molecule has 6 heteroatoms. The largest absolute Gasteiger partial charge is 0.462 e. The highest BCUT2D eigenvalue weighted by Crippen LogP contribution is 2.15. The maximum Gasteiger partial charge on any atom is 0.306 e. The fourth-order valence-corrected chi connectivity index (χ4v) is 8.03. The van der Waals surface area contributed by atoms with E-state index >= 15 is 0 Å². The van der Waals surface area contributed by atoms with Gasteiger partial charge in [0.25, 0.3) is 0 Å². The molecule has 0 aliphatic carbocycles. The molecule has 0 spiro atoms. The second kappa shape index (κ2) is 60.4. The van der Waals surface area contributed by atoms with Crippen molar-refractivity contribution < 1.29 is 28.6 Å². The normalized spacial score (nSPS) is 13.0. The number of allylic oxidation sites excluding steroid dienone is 20. The number of esters is 3. The van der Waals surface area contributed by atoms with Crippen LogP contribution in [-0.4, -0.2) is 37.2 Å². The Labute approximate surface area is 450 Å². The minimum Gasteiger partial charge on any atom is -0.462 e. The van der Waals surface area contributed by atoms with Gasteiger partial charge in [0.15, 0.2) is 6.10 Å². The van der Waals surface area contributed by atoms with Crippen LogP contribution in [0.5, 0.6) is 0 Å². The van der Waals surface area contributed by atoms with Crippen molar-refractivity contribution in [2.45, 2.75) is 271 Å². The monoisotopic (exact) mass is 1010 g/mol. The molecule has 1 atom stereocenters. The molecular formula is C67H110O6. The fourth-order valence-electron chi connectivity index (χ4n) is 8.03. The molecular weight excluding hydrogens is 901 g/mol. The first-order valence-electron chi connectivity index (χ1n) is 30.0. The van der Waals surface area contributed by atoms with Gasteiger partial charge in [-0.05, 0) is 109 Å². The summed E-state index contributed by atoms with van der Waals surface area (Å²) in [5, 5.41) is 0. The average Bonchev–Trinajstić information content (AvgIpc) is 3.39. The van der Waals surface area contributed by atoms with Crippen LogP contribution in [0.4, 0.5) is 0 Å². The standard InChI is InChI=1S/C67H110O6/c1-4-7-10-13-16-19-22-25-28-30-32-33-35-36-39-42-45-48-51-54-57-60-66(69)72-63-64(62-71-65(68)59-56-53-50-47-44-41-38-27-24-21-18-15-12-9-6-3)73-67(70)61-58-55-52-49-46-43-40-37-34-31-29-26-23-20-17-14-11-8-5-2/h7-8,10-11,16-17,19-20,25-26,28-29,32-34,36-37,39,43,46,64H,4-6,9,12-15,18,21-24,27,30-31,35,38,40-42,44-45,47-63H2,1-3H3/b10-7-,11-8-,19-16-,20-17-,28-25-,29-26-,33-32-,37-34-,39-36-,46-43-. The third kappa shape index (κ3) is 58.6. The first-order chi connectivity index (χ1) is 36.0. The summed E-state index contributed by atoms with van der Waals surface area (Å²) in [7, 11) is 0. The first kappa shape index (κ1) is 68.8. The van der Waals surface area contributed by atoms with Crippen LogP contribution in [0.25, 0.3) is 0 Å². The third-order valence-electron chi connectivity index (χ3n) is 12.5. The van der Waals surface area contributed by atoms with Gasteiger partial charge < -0.3 is 14.2 Å². The number of carbonyl (C=O) groups excluding carboxylic acids is 3. The van der Waals surface area contributed by atoms with Crippen molar-refractivity contribution in [2.75, 3.05) is 13.2 Å². The molecule has 0 saturated heterocycles. The highest BCUT2D eigenvalue weighted by molar-refractivity contribution is 5.71. The number of hydrogen-bond acceptors (Lipinski definition) is 6. The van der Waals surface area contributed by atoms with Gasteiger partial charge in [-0.25, -0.2) is 0 Å². The van der Waals surface area contributed by atoms with Crippen molar-refractivity contribution in [3.05, 3.63) is 122 Å². The lowest BCUT2D eigenvalue weighted by Gasteiger charge is -2.18. The van der Waals surface area contributed by atoms with Crippen molar-refractivity contribution in [1.29, 1.82) is 0 Å². The van der Waals surface area contributed by atoms with Gasteiger partial charge >= 0.3 is 17.9 Å². The first-order valence-corrected chi connectivity index (χ1v) is 30.0. The lowest BCUT2D eigenvalue weighted by molar-refractivity contribution is -0.167. The molecule has 1 unspecified atom stereocenters. The maximum atomic E-state index is 12.9. The molecule has 0 N–H and O–H groups in total. The summed E-state index contributed by atoms with van der Waals surface area (Å²) in [6.07, 6.45) is 83.3. The SMILES string of the molecule is CC/C=C\C/C=C\C/C=C\C/C=C\C/C=C\CCCCCCCC(=O)OCC(COC(=O)CCCCCCCCCCCCCCCCC)OC(=O)CCCCC/C=C\C/C=C\C/C=C\C/C=C\C/C=C\CC. The van der Waals surface area contributed by atoms with E-state index in [0.717, 1.165) is 148 Å². The van der Waals surface area contributed by atoms with Gasteiger partial charge in [0.2, 0.25) is 0 Å². The molecule has 414 valence electrons. The topological polar surface area (TPSA) is 78.9 Å². The van der Waals surface area contributed by atoms with Gasteiger partial charge in [-0.15, -0.1) is 0 Å². The quantitative estimate of drug-likeness (QED) is 0.0261. The minimum atomic E-state index is -0.807. The van der Waals surface area contributed by atoms with Gasteiger partial charge in [0.1, 0.15) is 13.2 Å². The summed E-state index contributed by atoms with van der Waals surface area (Å²) < 4.78 is 16.9. The van der Waals surface area contributed by atoms with Gasteiger partial charge in [0.05, 0.1) is 0 Å². The van der Waals surface area contributed by atoms with Crippen molar-refractivity contribution in [1.82, 2.24) is 0 Å². The summed E-state index contributed by atoms with van der Waals surface area (Å²) in [6.45, 7) is 6.38. The number of rotatable bonds is 53. The van der Waals surface area contributed by atoms with Crippen molar-refractivity contribution >= 4 is 17.9 Å². The molecule has 6 nitrogen and oxygen atoms in total. The fraction of sp³-hybridized carbons (Fsp3) is 0.657. The van der Waals surface area contributed by atoms with E-state index in [-0.39, 0.29) is 37.5 Å². The number of hydrogen-bond donors (Lipinski definition) is 0. The lowest BCUT2D eigenvalue weighted by atomic mass is 10.0. The average molecular weight is 1010 g/mol. The summed E-state index contributed by atoms with van der Waals surface area (Å²) in [5.74, 6) is -0.948. The number of carbonyl (C=O) groups is 3. The second-order valence-corrected chi connectivity index (χ2v) is 19.5. The minimum absolute atomic E-state index is 0.0987. The summed E-state index contributed by atoms with van der Waals surface area (Å²) in [4.78, 5) is 38.3. The van der Waals surface area contributed by atoms with Crippen molar-refractivity contribution in [3.8, 4) is 0 Å². The Morgan fingerprint density at radius 3 is 0.849 bits per heavy atom. The Hall–Kier alpha value is -4.19. The molecule has 0 rings (SSSR count). The van der Waals surface area contributed by atoms with E-state index in [4.69, 9.17) is 14.2 Å².